The molecule has 4 heterocycles. The maximum Gasteiger partial charge on any atom is 0.485 e. The van der Waals surface area contributed by atoms with E-state index in [2.05, 4.69) is 27.2 Å². The van der Waals surface area contributed by atoms with Crippen LogP contribution in [0.4, 0.5) is 0 Å². The number of hydrogen-bond acceptors (Lipinski definition) is 14. The number of methoxy groups -OCH3 is 1. The van der Waals surface area contributed by atoms with Gasteiger partial charge in [0.15, 0.2) is 9.04 Å². The minimum Gasteiger partial charge on any atom is -0.465 e. The van der Waals surface area contributed by atoms with Crippen LogP contribution in [0.3, 0.4) is 0 Å². The van der Waals surface area contributed by atoms with Crippen LogP contribution in [0.25, 0.3) is 0 Å². The molecule has 4 aliphatic rings. The smallest absolute Gasteiger partial charge is 0.465 e. The first-order chi connectivity index (χ1) is 21.0. The second-order valence-corrected chi connectivity index (χ2v) is 38.3. The monoisotopic (exact) mass is 844 g/mol. The summed E-state index contributed by atoms with van der Waals surface area (Å²) in [6.07, 6.45) is 0.334. The lowest BCUT2D eigenvalue weighted by atomic mass is 10.2. The van der Waals surface area contributed by atoms with Gasteiger partial charge in [-0.2, -0.15) is 0 Å². The molecule has 0 radical (unpaired) electrons. The quantitative estimate of drug-likeness (QED) is 0.178. The molecule has 8 atom stereocenters. The maximum absolute atomic E-state index is 12.7. The van der Waals surface area contributed by atoms with Crippen molar-refractivity contribution in [3.05, 3.63) is 0 Å². The number of esters is 1. The lowest BCUT2D eigenvalue weighted by Crippen LogP contribution is -2.80. The van der Waals surface area contributed by atoms with Crippen LogP contribution in [-0.4, -0.2) is 109 Å². The lowest BCUT2D eigenvalue weighted by Gasteiger charge is -2.56. The second kappa shape index (κ2) is 16.0. The van der Waals surface area contributed by atoms with Gasteiger partial charge in [0.05, 0.1) is 18.9 Å². The Morgan fingerprint density at radius 3 is 1.60 bits per heavy atom. The summed E-state index contributed by atoms with van der Waals surface area (Å²) in [5.41, 5.74) is 0. The number of rotatable bonds is 10. The molecule has 4 fully saturated rings. The zero-order chi connectivity index (χ0) is 33.8. The molecule has 0 aliphatic carbocycles. The molecular formula is C22H53BrO14Si8. The van der Waals surface area contributed by atoms with Crippen LogP contribution in [0.1, 0.15) is 55.4 Å². The average Bonchev–Trinajstić information content (AvgIpc) is 3.02. The Balaban J connectivity index is 0.00000177. The van der Waals surface area contributed by atoms with E-state index in [4.69, 9.17) is 50.3 Å². The molecular weight excluding hydrogens is 793 g/mol. The van der Waals surface area contributed by atoms with Crippen molar-refractivity contribution in [2.45, 2.75) is 109 Å². The second-order valence-electron chi connectivity index (χ2n) is 11.7. The summed E-state index contributed by atoms with van der Waals surface area (Å²) < 4.78 is 85.9. The van der Waals surface area contributed by atoms with Crippen molar-refractivity contribution in [3.8, 4) is 0 Å². The molecule has 4 rings (SSSR count). The Labute approximate surface area is 287 Å². The Morgan fingerprint density at radius 2 is 1.11 bits per heavy atom. The topological polar surface area (TPSA) is 137 Å². The maximum atomic E-state index is 12.7. The zero-order valence-electron chi connectivity index (χ0n) is 28.6. The summed E-state index contributed by atoms with van der Waals surface area (Å²) in [4.78, 5) is 12.7. The zero-order valence-corrected chi connectivity index (χ0v) is 38.5. The molecule has 0 aromatic carbocycles. The van der Waals surface area contributed by atoms with Crippen LogP contribution in [0.15, 0.2) is 0 Å². The predicted molar refractivity (Wildman–Crippen MR) is 186 cm³/mol. The molecule has 4 aliphatic heterocycles. The van der Waals surface area contributed by atoms with E-state index in [1.54, 1.807) is 28.1 Å². The highest BCUT2D eigenvalue weighted by atomic mass is 79.9. The molecule has 0 aromatic rings. The Hall–Kier alpha value is 1.21. The Morgan fingerprint density at radius 1 is 0.711 bits per heavy atom. The van der Waals surface area contributed by atoms with Gasteiger partial charge in [0.2, 0.25) is 0 Å². The van der Waals surface area contributed by atoms with Gasteiger partial charge < -0.3 is 55.1 Å². The van der Waals surface area contributed by atoms with Gasteiger partial charge in [0.1, 0.15) is 4.32 Å². The van der Waals surface area contributed by atoms with E-state index in [1.807, 2.05) is 41.5 Å². The molecule has 4 saturated heterocycles. The molecule has 23 heteroatoms. The number of halogens is 1. The number of hydrogen-bond donors (Lipinski definition) is 0. The summed E-state index contributed by atoms with van der Waals surface area (Å²) in [6, 6.07) is 2.98. The van der Waals surface area contributed by atoms with Crippen LogP contribution >= 0.6 is 15.9 Å². The molecule has 14 nitrogen and oxygen atoms in total. The number of carbonyl (C=O) groups excluding carboxylic acids is 1. The first-order valence-corrected chi connectivity index (χ1v) is 32.5. The van der Waals surface area contributed by atoms with E-state index in [0.29, 0.717) is 42.5 Å². The van der Waals surface area contributed by atoms with Crippen LogP contribution in [0.5, 0.6) is 0 Å². The molecule has 0 aromatic heterocycles. The summed E-state index contributed by atoms with van der Waals surface area (Å²) in [5, 5.41) is 0. The molecule has 0 spiro atoms. The molecule has 6 bridgehead atoms. The molecule has 264 valence electrons. The van der Waals surface area contributed by atoms with Gasteiger partial charge in [-0.15, -0.1) is 0 Å². The van der Waals surface area contributed by atoms with Crippen molar-refractivity contribution in [1.82, 2.24) is 0 Å². The fourth-order valence-corrected chi connectivity index (χ4v) is 48.0. The molecule has 0 saturated carbocycles. The molecule has 0 amide bonds. The number of fused-ring (bicyclic) bond motifs is 4. The third-order valence-corrected chi connectivity index (χ3v) is 40.5. The lowest BCUT2D eigenvalue weighted by molar-refractivity contribution is -0.145. The molecule has 0 N–H and O–H groups in total. The van der Waals surface area contributed by atoms with E-state index < -0.39 is 81.4 Å². The van der Waals surface area contributed by atoms with Crippen molar-refractivity contribution in [2.75, 3.05) is 27.1 Å². The predicted octanol–water partition coefficient (Wildman–Crippen LogP) is 4.07. The van der Waals surface area contributed by atoms with Gasteiger partial charge in [-0.3, -0.25) is 4.79 Å². The van der Waals surface area contributed by atoms with Gasteiger partial charge in [-0.1, -0.05) is 57.5 Å². The van der Waals surface area contributed by atoms with Crippen molar-refractivity contribution in [1.29, 1.82) is 0 Å². The van der Waals surface area contributed by atoms with Gasteiger partial charge in [0.25, 0.3) is 0 Å². The fourth-order valence-electron chi connectivity index (χ4n) is 4.98. The number of ether oxygens (including phenoxy) is 2. The SMILES string of the molecule is CC[SiH]1O[Si]2(CCOC(=O)C(C)(C)Br)O[Si]3(CC)OC[SiH](C)O[Si]4(CC)O[Si](CC)(O1)O[Si](CC)(O2)O[Si](CC)(O3)O4.COC. The van der Waals surface area contributed by atoms with Crippen molar-refractivity contribution >= 4 is 93.0 Å². The minimum atomic E-state index is -3.80. The first kappa shape index (κ1) is 40.6. The average molecular weight is 846 g/mol. The highest BCUT2D eigenvalue weighted by Gasteiger charge is 2.75. The summed E-state index contributed by atoms with van der Waals surface area (Å²) in [6.45, 7) is 17.5. The minimum absolute atomic E-state index is 0.00707. The van der Waals surface area contributed by atoms with E-state index in [0.717, 1.165) is 0 Å². The summed E-state index contributed by atoms with van der Waals surface area (Å²) >= 11 is 3.38. The summed E-state index contributed by atoms with van der Waals surface area (Å²) in [7, 11) is -23.0. The first-order valence-electron chi connectivity index (χ1n) is 15.9. The largest absolute Gasteiger partial charge is 0.485 e. The van der Waals surface area contributed by atoms with Crippen LogP contribution < -0.4 is 0 Å². The van der Waals surface area contributed by atoms with Crippen molar-refractivity contribution in [2.24, 2.45) is 0 Å². The van der Waals surface area contributed by atoms with Crippen LogP contribution in [0, 0.1) is 0 Å². The normalized spacial score (nSPS) is 41.7. The standard InChI is InChI=1S/C20H47BrO13Si8.C2H6O/c1-10-36-26-39(13-4)30-38(12-3)25-35(9)18-24-37(11-2)28-40(14-5,31-38)33-41(15-6,32-39)34-42(27-36,29-37)17-16-23-19(22)20(7,8)21;1-3-2/h35-36H,10-18H2,1-9H3;1-2H3. The highest BCUT2D eigenvalue weighted by molar-refractivity contribution is 9.10. The van der Waals surface area contributed by atoms with Crippen LogP contribution in [-0.2, 0) is 59.8 Å². The van der Waals surface area contributed by atoms with Crippen LogP contribution in [0.2, 0.25) is 48.9 Å². The highest BCUT2D eigenvalue weighted by Crippen LogP contribution is 2.47. The number of carbonyl (C=O) groups is 1. The summed E-state index contributed by atoms with van der Waals surface area (Å²) in [5.74, 6) is -0.405. The van der Waals surface area contributed by atoms with Gasteiger partial charge in [-0.25, -0.2) is 0 Å². The third-order valence-electron chi connectivity index (χ3n) is 7.34. The molecule has 8 unspecified atom stereocenters. The Kier molecular flexibility index (Phi) is 14.5. The van der Waals surface area contributed by atoms with E-state index in [9.17, 15) is 4.79 Å². The van der Waals surface area contributed by atoms with E-state index >= 15 is 0 Å². The van der Waals surface area contributed by atoms with Gasteiger partial charge >= 0.3 is 68.1 Å². The number of alkyl halides is 1. The molecule has 45 heavy (non-hydrogen) atoms. The van der Waals surface area contributed by atoms with E-state index in [1.165, 1.54) is 0 Å². The van der Waals surface area contributed by atoms with Crippen molar-refractivity contribution < 1.29 is 59.8 Å². The fraction of sp³-hybridized carbons (Fsp3) is 0.955. The Bertz CT molecular complexity index is 1010. The van der Waals surface area contributed by atoms with Gasteiger partial charge in [-0.05, 0) is 26.4 Å². The van der Waals surface area contributed by atoms with Crippen molar-refractivity contribution in [3.63, 3.8) is 0 Å². The third kappa shape index (κ3) is 9.51. The van der Waals surface area contributed by atoms with E-state index in [-0.39, 0.29) is 12.7 Å². The van der Waals surface area contributed by atoms with Gasteiger partial charge in [0, 0.05) is 44.4 Å².